The van der Waals surface area contributed by atoms with E-state index in [0.29, 0.717) is 13.0 Å². The van der Waals surface area contributed by atoms with Crippen LogP contribution in [0.4, 0.5) is 5.69 Å². The molecule has 0 aliphatic heterocycles. The number of anilines is 1. The second-order valence-corrected chi connectivity index (χ2v) is 9.52. The van der Waals surface area contributed by atoms with Gasteiger partial charge in [-0.3, -0.25) is 9.78 Å². The van der Waals surface area contributed by atoms with Crippen LogP contribution in [0.5, 0.6) is 5.75 Å². The number of carbonyl (C=O) groups is 1. The van der Waals surface area contributed by atoms with E-state index >= 15 is 0 Å². The first-order valence-corrected chi connectivity index (χ1v) is 12.9. The average molecular weight is 507 g/mol. The van der Waals surface area contributed by atoms with Crippen LogP contribution >= 0.6 is 12.4 Å². The first-order chi connectivity index (χ1) is 17.2. The van der Waals surface area contributed by atoms with Gasteiger partial charge in [0.15, 0.2) is 0 Å². The zero-order valence-corrected chi connectivity index (χ0v) is 21.4. The molecule has 0 saturated heterocycles. The zero-order valence-electron chi connectivity index (χ0n) is 20.6. The number of unbranched alkanes of at least 4 members (excludes halogenated alkanes) is 2. The number of nitrogens with one attached hydrogen (secondary N) is 3. The molecule has 1 amide bonds. The van der Waals surface area contributed by atoms with E-state index in [1.165, 1.54) is 35.2 Å². The molecule has 1 aliphatic carbocycles. The highest BCUT2D eigenvalue weighted by molar-refractivity contribution is 5.93. The molecule has 5 rings (SSSR count). The first kappa shape index (κ1) is 25.8. The van der Waals surface area contributed by atoms with Crippen LogP contribution in [0.3, 0.4) is 0 Å². The van der Waals surface area contributed by atoms with Crippen LogP contribution in [0.25, 0.3) is 21.8 Å². The first-order valence-electron chi connectivity index (χ1n) is 12.9. The minimum atomic E-state index is 0. The van der Waals surface area contributed by atoms with Gasteiger partial charge in [-0.05, 0) is 80.3 Å². The van der Waals surface area contributed by atoms with Crippen LogP contribution in [-0.4, -0.2) is 34.1 Å². The number of aromatic nitrogens is 2. The number of aryl methyl sites for hydroxylation is 1. The van der Waals surface area contributed by atoms with Gasteiger partial charge in [-0.25, -0.2) is 0 Å². The second-order valence-electron chi connectivity index (χ2n) is 9.52. The largest absolute Gasteiger partial charge is 0.508 e. The summed E-state index contributed by atoms with van der Waals surface area (Å²) in [7, 11) is 0. The van der Waals surface area contributed by atoms with Crippen LogP contribution in [0, 0.1) is 0 Å². The number of hydrogen-bond donors (Lipinski definition) is 4. The monoisotopic (exact) mass is 506 g/mol. The lowest BCUT2D eigenvalue weighted by Gasteiger charge is -2.21. The molecule has 4 aromatic rings. The Kier molecular flexibility index (Phi) is 8.70. The Morgan fingerprint density at radius 3 is 2.78 bits per heavy atom. The van der Waals surface area contributed by atoms with E-state index in [9.17, 15) is 9.90 Å². The average Bonchev–Trinajstić information content (AvgIpc) is 3.27. The highest BCUT2D eigenvalue weighted by Crippen LogP contribution is 2.33. The number of aromatic hydroxyl groups is 1. The smallest absolute Gasteiger partial charge is 0.220 e. The fourth-order valence-electron chi connectivity index (χ4n) is 5.17. The number of amides is 1. The summed E-state index contributed by atoms with van der Waals surface area (Å²) in [6.07, 6.45) is 10.8. The zero-order chi connectivity index (χ0) is 24.0. The van der Waals surface area contributed by atoms with Crippen LogP contribution in [0.2, 0.25) is 0 Å². The third kappa shape index (κ3) is 5.93. The van der Waals surface area contributed by atoms with Gasteiger partial charge in [0.1, 0.15) is 5.75 Å². The normalized spacial score (nSPS) is 12.8. The van der Waals surface area contributed by atoms with Gasteiger partial charge < -0.3 is 20.7 Å². The van der Waals surface area contributed by atoms with Crippen molar-refractivity contribution in [3.8, 4) is 5.75 Å². The molecule has 1 aliphatic rings. The van der Waals surface area contributed by atoms with Crippen molar-refractivity contribution >= 4 is 45.8 Å². The molecule has 190 valence electrons. The number of halogens is 1. The summed E-state index contributed by atoms with van der Waals surface area (Å²) < 4.78 is 0. The number of aromatic amines is 1. The van der Waals surface area contributed by atoms with Gasteiger partial charge >= 0.3 is 0 Å². The Labute approximate surface area is 218 Å². The number of benzene rings is 2. The molecule has 4 N–H and O–H groups in total. The Morgan fingerprint density at radius 1 is 1.00 bits per heavy atom. The van der Waals surface area contributed by atoms with Crippen LogP contribution < -0.4 is 10.6 Å². The van der Waals surface area contributed by atoms with E-state index in [2.05, 4.69) is 39.9 Å². The minimum Gasteiger partial charge on any atom is -0.508 e. The summed E-state index contributed by atoms with van der Waals surface area (Å²) in [5.74, 6) is 0.365. The summed E-state index contributed by atoms with van der Waals surface area (Å²) in [4.78, 5) is 20.4. The minimum absolute atomic E-state index is 0. The SMILES string of the molecule is Cl.O=C(CCCCCNc1c2c(nc3ccccc13)CCCC2)NCCc1c[nH]c2ccc(O)cc12. The summed E-state index contributed by atoms with van der Waals surface area (Å²) in [5, 5.41) is 18.7. The second kappa shape index (κ2) is 12.1. The highest BCUT2D eigenvalue weighted by atomic mass is 35.5. The lowest BCUT2D eigenvalue weighted by atomic mass is 9.92. The number of H-pyrrole nitrogens is 1. The Hall–Kier alpha value is -3.25. The predicted molar refractivity (Wildman–Crippen MR) is 149 cm³/mol. The van der Waals surface area contributed by atoms with Crippen LogP contribution in [0.1, 0.15) is 55.3 Å². The van der Waals surface area contributed by atoms with Crippen molar-refractivity contribution in [2.75, 3.05) is 18.4 Å². The maximum absolute atomic E-state index is 12.3. The third-order valence-corrected chi connectivity index (χ3v) is 7.02. The van der Waals surface area contributed by atoms with E-state index in [4.69, 9.17) is 4.98 Å². The molecule has 0 unspecified atom stereocenters. The van der Waals surface area contributed by atoms with Crippen molar-refractivity contribution in [2.45, 2.75) is 57.8 Å². The van der Waals surface area contributed by atoms with Crippen molar-refractivity contribution in [3.63, 3.8) is 0 Å². The molecular formula is C29H35ClN4O2. The van der Waals surface area contributed by atoms with Gasteiger partial charge in [-0.15, -0.1) is 12.4 Å². The lowest BCUT2D eigenvalue weighted by Crippen LogP contribution is -2.25. The van der Waals surface area contributed by atoms with Crippen molar-refractivity contribution < 1.29 is 9.90 Å². The van der Waals surface area contributed by atoms with Crippen molar-refractivity contribution in [3.05, 3.63) is 65.5 Å². The molecule has 0 bridgehead atoms. The summed E-state index contributed by atoms with van der Waals surface area (Å²) in [5.41, 5.74) is 7.12. The van der Waals surface area contributed by atoms with E-state index in [1.807, 2.05) is 12.3 Å². The molecule has 0 spiro atoms. The quantitative estimate of drug-likeness (QED) is 0.197. The number of para-hydroxylation sites is 1. The number of hydrogen-bond acceptors (Lipinski definition) is 4. The standard InChI is InChI=1S/C29H34N4O2.ClH/c34-21-13-14-25-24(18-21)20(19-32-25)15-17-30-28(35)12-2-1-7-16-31-29-22-8-3-5-10-26(22)33-27-11-6-4-9-23(27)29;/h3,5,8,10,13-14,18-19,32,34H,1-2,4,6-7,9,11-12,15-17H2,(H,30,35)(H,31,33);1H. The Bertz CT molecular complexity index is 1330. The fraction of sp³-hybridized carbons (Fsp3) is 0.379. The summed E-state index contributed by atoms with van der Waals surface area (Å²) >= 11 is 0. The van der Waals surface area contributed by atoms with E-state index in [1.54, 1.807) is 12.1 Å². The highest BCUT2D eigenvalue weighted by Gasteiger charge is 2.17. The number of phenols is 1. The topological polar surface area (TPSA) is 90.0 Å². The number of phenolic OH excluding ortho intramolecular Hbond substituents is 1. The molecule has 0 radical (unpaired) electrons. The number of fused-ring (bicyclic) bond motifs is 3. The predicted octanol–water partition coefficient (Wildman–Crippen LogP) is 6.05. The molecule has 2 aromatic carbocycles. The maximum Gasteiger partial charge on any atom is 0.220 e. The van der Waals surface area contributed by atoms with Gasteiger partial charge in [0, 0.05) is 53.4 Å². The molecule has 7 heteroatoms. The number of carbonyl (C=O) groups excluding carboxylic acids is 1. The van der Waals surface area contributed by atoms with Crippen LogP contribution in [0.15, 0.2) is 48.7 Å². The van der Waals surface area contributed by atoms with Gasteiger partial charge in [0.25, 0.3) is 0 Å². The molecule has 6 nitrogen and oxygen atoms in total. The van der Waals surface area contributed by atoms with E-state index in [-0.39, 0.29) is 24.1 Å². The Morgan fingerprint density at radius 2 is 1.86 bits per heavy atom. The molecule has 0 saturated carbocycles. The summed E-state index contributed by atoms with van der Waals surface area (Å²) in [6.45, 7) is 1.51. The Balaban J connectivity index is 0.00000304. The fourth-order valence-corrected chi connectivity index (χ4v) is 5.17. The number of nitrogens with zero attached hydrogens (tertiary/aromatic N) is 1. The van der Waals surface area contributed by atoms with Gasteiger partial charge in [-0.2, -0.15) is 0 Å². The van der Waals surface area contributed by atoms with Crippen molar-refractivity contribution in [1.29, 1.82) is 0 Å². The van der Waals surface area contributed by atoms with Gasteiger partial charge in [0.05, 0.1) is 5.52 Å². The lowest BCUT2D eigenvalue weighted by molar-refractivity contribution is -0.121. The van der Waals surface area contributed by atoms with Gasteiger partial charge in [0.2, 0.25) is 5.91 Å². The molecule has 2 heterocycles. The van der Waals surface area contributed by atoms with Crippen LogP contribution in [-0.2, 0) is 24.1 Å². The van der Waals surface area contributed by atoms with E-state index < -0.39 is 0 Å². The number of pyridine rings is 1. The molecule has 36 heavy (non-hydrogen) atoms. The van der Waals surface area contributed by atoms with E-state index in [0.717, 1.165) is 67.1 Å². The summed E-state index contributed by atoms with van der Waals surface area (Å²) in [6, 6.07) is 13.7. The van der Waals surface area contributed by atoms with Crippen molar-refractivity contribution in [1.82, 2.24) is 15.3 Å². The third-order valence-electron chi connectivity index (χ3n) is 7.02. The van der Waals surface area contributed by atoms with Gasteiger partial charge in [-0.1, -0.05) is 24.6 Å². The molecule has 2 aromatic heterocycles. The molecule has 0 fully saturated rings. The molecular weight excluding hydrogens is 472 g/mol. The maximum atomic E-state index is 12.3. The number of rotatable bonds is 10. The van der Waals surface area contributed by atoms with Crippen molar-refractivity contribution in [2.24, 2.45) is 0 Å². The molecule has 0 atom stereocenters.